The Balaban J connectivity index is 2.19. The predicted molar refractivity (Wildman–Crippen MR) is 63.8 cm³/mol. The number of anilines is 1. The maximum absolute atomic E-state index is 11.2. The molecule has 15 heavy (non-hydrogen) atoms. The van der Waals surface area contributed by atoms with Crippen LogP contribution >= 0.6 is 11.8 Å². The summed E-state index contributed by atoms with van der Waals surface area (Å²) in [6, 6.07) is 3.66. The fourth-order valence-corrected chi connectivity index (χ4v) is 2.51. The third-order valence-corrected chi connectivity index (χ3v) is 3.43. The standard InChI is InChI=1S/C11H14N2OS/c1-9(14)10-2-3-12-11(8-10)13-4-6-15-7-5-13/h2-3,8H,4-7H2,1H3. The SMILES string of the molecule is CC(=O)c1ccnc(N2CCSCC2)c1. The van der Waals surface area contributed by atoms with Crippen molar-refractivity contribution in [1.29, 1.82) is 0 Å². The van der Waals surface area contributed by atoms with Crippen molar-refractivity contribution in [2.75, 3.05) is 29.5 Å². The highest BCUT2D eigenvalue weighted by Crippen LogP contribution is 2.18. The van der Waals surface area contributed by atoms with Crippen LogP contribution < -0.4 is 4.90 Å². The smallest absolute Gasteiger partial charge is 0.159 e. The van der Waals surface area contributed by atoms with E-state index in [-0.39, 0.29) is 5.78 Å². The molecule has 1 aliphatic heterocycles. The minimum Gasteiger partial charge on any atom is -0.355 e. The van der Waals surface area contributed by atoms with Crippen LogP contribution in [0, 0.1) is 0 Å². The number of thioether (sulfide) groups is 1. The quantitative estimate of drug-likeness (QED) is 0.715. The van der Waals surface area contributed by atoms with Crippen LogP contribution in [0.25, 0.3) is 0 Å². The lowest BCUT2D eigenvalue weighted by Gasteiger charge is -2.27. The Morgan fingerprint density at radius 2 is 2.20 bits per heavy atom. The van der Waals surface area contributed by atoms with Gasteiger partial charge in [-0.3, -0.25) is 4.79 Å². The van der Waals surface area contributed by atoms with Gasteiger partial charge < -0.3 is 4.90 Å². The van der Waals surface area contributed by atoms with Gasteiger partial charge in [0.25, 0.3) is 0 Å². The van der Waals surface area contributed by atoms with Crippen LogP contribution in [0.4, 0.5) is 5.82 Å². The van der Waals surface area contributed by atoms with Gasteiger partial charge in [-0.15, -0.1) is 0 Å². The summed E-state index contributed by atoms with van der Waals surface area (Å²) >= 11 is 1.97. The number of ketones is 1. The first-order chi connectivity index (χ1) is 7.27. The van der Waals surface area contributed by atoms with Crippen molar-refractivity contribution in [3.05, 3.63) is 23.9 Å². The van der Waals surface area contributed by atoms with Gasteiger partial charge in [0.2, 0.25) is 0 Å². The fourth-order valence-electron chi connectivity index (χ4n) is 1.60. The zero-order valence-electron chi connectivity index (χ0n) is 8.77. The van der Waals surface area contributed by atoms with Crippen LogP contribution in [0.3, 0.4) is 0 Å². The Kier molecular flexibility index (Phi) is 3.26. The summed E-state index contributed by atoms with van der Waals surface area (Å²) in [5, 5.41) is 0. The maximum Gasteiger partial charge on any atom is 0.159 e. The highest BCUT2D eigenvalue weighted by molar-refractivity contribution is 7.99. The van der Waals surface area contributed by atoms with Crippen molar-refractivity contribution >= 4 is 23.4 Å². The van der Waals surface area contributed by atoms with Gasteiger partial charge in [0, 0.05) is 36.4 Å². The first kappa shape index (κ1) is 10.5. The third kappa shape index (κ3) is 2.50. The third-order valence-electron chi connectivity index (χ3n) is 2.49. The number of hydrogen-bond donors (Lipinski definition) is 0. The van der Waals surface area contributed by atoms with E-state index in [1.54, 1.807) is 19.2 Å². The average molecular weight is 222 g/mol. The zero-order valence-corrected chi connectivity index (χ0v) is 9.59. The maximum atomic E-state index is 11.2. The van der Waals surface area contributed by atoms with E-state index in [1.165, 1.54) is 0 Å². The minimum absolute atomic E-state index is 0.102. The molecule has 0 aromatic carbocycles. The number of aromatic nitrogens is 1. The number of pyridine rings is 1. The number of rotatable bonds is 2. The van der Waals surface area contributed by atoms with Crippen molar-refractivity contribution in [2.45, 2.75) is 6.92 Å². The molecular formula is C11H14N2OS. The highest BCUT2D eigenvalue weighted by Gasteiger charge is 2.13. The zero-order chi connectivity index (χ0) is 10.7. The van der Waals surface area contributed by atoms with Crippen molar-refractivity contribution in [3.8, 4) is 0 Å². The second kappa shape index (κ2) is 4.66. The van der Waals surface area contributed by atoms with E-state index in [0.29, 0.717) is 0 Å². The lowest BCUT2D eigenvalue weighted by molar-refractivity contribution is 0.101. The molecule has 0 unspecified atom stereocenters. The van der Waals surface area contributed by atoms with E-state index in [2.05, 4.69) is 9.88 Å². The van der Waals surface area contributed by atoms with Crippen molar-refractivity contribution < 1.29 is 4.79 Å². The Hall–Kier alpha value is -1.03. The van der Waals surface area contributed by atoms with Crippen molar-refractivity contribution in [3.63, 3.8) is 0 Å². The van der Waals surface area contributed by atoms with E-state index in [4.69, 9.17) is 0 Å². The molecule has 1 aromatic heterocycles. The highest BCUT2D eigenvalue weighted by atomic mass is 32.2. The molecule has 0 amide bonds. The van der Waals surface area contributed by atoms with E-state index < -0.39 is 0 Å². The number of carbonyl (C=O) groups is 1. The number of nitrogens with zero attached hydrogens (tertiary/aromatic N) is 2. The van der Waals surface area contributed by atoms with Gasteiger partial charge in [-0.2, -0.15) is 11.8 Å². The summed E-state index contributed by atoms with van der Waals surface area (Å²) in [6.45, 7) is 3.64. The largest absolute Gasteiger partial charge is 0.355 e. The van der Waals surface area contributed by atoms with Gasteiger partial charge in [-0.1, -0.05) is 0 Å². The summed E-state index contributed by atoms with van der Waals surface area (Å²) in [5.41, 5.74) is 0.748. The first-order valence-corrected chi connectivity index (χ1v) is 6.22. The Morgan fingerprint density at radius 3 is 2.87 bits per heavy atom. The normalized spacial score (nSPS) is 16.5. The van der Waals surface area contributed by atoms with Crippen molar-refractivity contribution in [1.82, 2.24) is 4.98 Å². The molecular weight excluding hydrogens is 208 g/mol. The fraction of sp³-hybridized carbons (Fsp3) is 0.455. The Labute approximate surface area is 93.9 Å². The van der Waals surface area contributed by atoms with E-state index in [9.17, 15) is 4.79 Å². The molecule has 0 N–H and O–H groups in total. The molecule has 0 atom stereocenters. The summed E-state index contributed by atoms with van der Waals surface area (Å²) < 4.78 is 0. The molecule has 1 fully saturated rings. The topological polar surface area (TPSA) is 33.2 Å². The van der Waals surface area contributed by atoms with Crippen LogP contribution in [-0.4, -0.2) is 35.4 Å². The molecule has 2 heterocycles. The molecule has 1 saturated heterocycles. The summed E-state index contributed by atoms with van der Waals surface area (Å²) in [5.74, 6) is 3.32. The molecule has 0 saturated carbocycles. The number of carbonyl (C=O) groups excluding carboxylic acids is 1. The molecule has 1 aliphatic rings. The van der Waals surface area contributed by atoms with Crippen LogP contribution in [0.1, 0.15) is 17.3 Å². The Bertz CT molecular complexity index is 361. The van der Waals surface area contributed by atoms with Gasteiger partial charge in [0.05, 0.1) is 0 Å². The molecule has 4 heteroatoms. The van der Waals surface area contributed by atoms with Gasteiger partial charge in [-0.25, -0.2) is 4.98 Å². The van der Waals surface area contributed by atoms with Gasteiger partial charge in [-0.05, 0) is 19.1 Å². The number of Topliss-reactive ketones (excluding diaryl/α,β-unsaturated/α-hetero) is 1. The van der Waals surface area contributed by atoms with Crippen LogP contribution in [0.5, 0.6) is 0 Å². The summed E-state index contributed by atoms with van der Waals surface area (Å²) in [7, 11) is 0. The van der Waals surface area contributed by atoms with Gasteiger partial charge in [0.1, 0.15) is 5.82 Å². The summed E-state index contributed by atoms with van der Waals surface area (Å²) in [6.07, 6.45) is 1.72. The second-order valence-corrected chi connectivity index (χ2v) is 4.78. The molecule has 0 radical (unpaired) electrons. The lowest BCUT2D eigenvalue weighted by atomic mass is 10.2. The second-order valence-electron chi connectivity index (χ2n) is 3.56. The molecule has 0 aliphatic carbocycles. The summed E-state index contributed by atoms with van der Waals surface area (Å²) in [4.78, 5) is 17.8. The molecule has 3 nitrogen and oxygen atoms in total. The van der Waals surface area contributed by atoms with Gasteiger partial charge in [0.15, 0.2) is 5.78 Å². The predicted octanol–water partition coefficient (Wildman–Crippen LogP) is 1.84. The van der Waals surface area contributed by atoms with Crippen LogP contribution in [0.2, 0.25) is 0 Å². The average Bonchev–Trinajstić information content (AvgIpc) is 2.30. The molecule has 2 rings (SSSR count). The van der Waals surface area contributed by atoms with E-state index in [1.807, 2.05) is 17.8 Å². The first-order valence-electron chi connectivity index (χ1n) is 5.07. The molecule has 0 bridgehead atoms. The number of hydrogen-bond acceptors (Lipinski definition) is 4. The lowest BCUT2D eigenvalue weighted by Crippen LogP contribution is -2.33. The van der Waals surface area contributed by atoms with Crippen LogP contribution in [-0.2, 0) is 0 Å². The van der Waals surface area contributed by atoms with Crippen molar-refractivity contribution in [2.24, 2.45) is 0 Å². The monoisotopic (exact) mass is 222 g/mol. The van der Waals surface area contributed by atoms with E-state index >= 15 is 0 Å². The van der Waals surface area contributed by atoms with Crippen LogP contribution in [0.15, 0.2) is 18.3 Å². The Morgan fingerprint density at radius 1 is 1.47 bits per heavy atom. The van der Waals surface area contributed by atoms with Gasteiger partial charge >= 0.3 is 0 Å². The molecule has 1 aromatic rings. The molecule has 0 spiro atoms. The molecule has 80 valence electrons. The van der Waals surface area contributed by atoms with E-state index in [0.717, 1.165) is 36.0 Å². The minimum atomic E-state index is 0.102.